The molecular weight excluding hydrogens is 202 g/mol. The van der Waals surface area contributed by atoms with Gasteiger partial charge in [0, 0.05) is 12.1 Å². The molecular formula is C13H10NO2. The molecule has 2 rings (SSSR count). The van der Waals surface area contributed by atoms with Crippen molar-refractivity contribution >= 4 is 5.69 Å². The van der Waals surface area contributed by atoms with Gasteiger partial charge in [-0.3, -0.25) is 10.1 Å². The van der Waals surface area contributed by atoms with Gasteiger partial charge in [-0.25, -0.2) is 0 Å². The topological polar surface area (TPSA) is 43.1 Å². The summed E-state index contributed by atoms with van der Waals surface area (Å²) in [7, 11) is 0. The minimum Gasteiger partial charge on any atom is -0.258 e. The summed E-state index contributed by atoms with van der Waals surface area (Å²) in [5.41, 5.74) is 3.22. The fourth-order valence-electron chi connectivity index (χ4n) is 1.53. The van der Waals surface area contributed by atoms with Crippen molar-refractivity contribution in [3.05, 3.63) is 64.2 Å². The molecule has 0 N–H and O–H groups in total. The average Bonchev–Trinajstić information content (AvgIpc) is 2.29. The van der Waals surface area contributed by atoms with Gasteiger partial charge < -0.3 is 0 Å². The van der Waals surface area contributed by atoms with Crippen molar-refractivity contribution in [3.8, 4) is 11.1 Å². The maximum Gasteiger partial charge on any atom is 0.269 e. The van der Waals surface area contributed by atoms with E-state index in [0.717, 1.165) is 16.7 Å². The lowest BCUT2D eigenvalue weighted by atomic mass is 10.0. The number of nitrogens with zero attached hydrogens (tertiary/aromatic N) is 1. The third-order valence-corrected chi connectivity index (χ3v) is 2.34. The highest BCUT2D eigenvalue weighted by Crippen LogP contribution is 2.22. The number of nitro groups is 1. The van der Waals surface area contributed by atoms with E-state index in [4.69, 9.17) is 0 Å². The lowest BCUT2D eigenvalue weighted by Crippen LogP contribution is -1.87. The maximum absolute atomic E-state index is 10.5. The minimum atomic E-state index is -0.397. The third kappa shape index (κ3) is 2.08. The van der Waals surface area contributed by atoms with Gasteiger partial charge in [-0.1, -0.05) is 12.1 Å². The molecule has 0 saturated carbocycles. The Morgan fingerprint density at radius 1 is 1.12 bits per heavy atom. The summed E-state index contributed by atoms with van der Waals surface area (Å²) >= 11 is 0. The van der Waals surface area contributed by atoms with Gasteiger partial charge in [0.05, 0.1) is 4.92 Å². The Kier molecular flexibility index (Phi) is 2.68. The van der Waals surface area contributed by atoms with Crippen molar-refractivity contribution in [2.45, 2.75) is 6.92 Å². The first-order chi connectivity index (χ1) is 7.66. The molecule has 0 atom stereocenters. The Labute approximate surface area is 93.5 Å². The zero-order valence-corrected chi connectivity index (χ0v) is 8.81. The molecule has 3 nitrogen and oxygen atoms in total. The van der Waals surface area contributed by atoms with E-state index in [1.54, 1.807) is 12.1 Å². The van der Waals surface area contributed by atoms with Crippen LogP contribution in [0, 0.1) is 23.1 Å². The Hall–Kier alpha value is -2.16. The van der Waals surface area contributed by atoms with Gasteiger partial charge in [-0.2, -0.15) is 0 Å². The van der Waals surface area contributed by atoms with Crippen molar-refractivity contribution in [2.24, 2.45) is 0 Å². The number of hydrogen-bond acceptors (Lipinski definition) is 2. The third-order valence-electron chi connectivity index (χ3n) is 2.34. The maximum atomic E-state index is 10.5. The van der Waals surface area contributed by atoms with Gasteiger partial charge in [-0.15, -0.1) is 0 Å². The molecule has 0 heterocycles. The first kappa shape index (κ1) is 10.4. The molecule has 16 heavy (non-hydrogen) atoms. The van der Waals surface area contributed by atoms with Gasteiger partial charge in [0.15, 0.2) is 0 Å². The quantitative estimate of drug-likeness (QED) is 0.565. The van der Waals surface area contributed by atoms with E-state index >= 15 is 0 Å². The van der Waals surface area contributed by atoms with Crippen LogP contribution in [0.25, 0.3) is 11.1 Å². The molecule has 2 aromatic carbocycles. The Bertz CT molecular complexity index is 518. The van der Waals surface area contributed by atoms with Crippen LogP contribution in [-0.4, -0.2) is 4.92 Å². The van der Waals surface area contributed by atoms with E-state index in [-0.39, 0.29) is 5.69 Å². The van der Waals surface area contributed by atoms with Gasteiger partial charge in [-0.05, 0) is 47.9 Å². The highest BCUT2D eigenvalue weighted by Gasteiger charge is 2.04. The van der Waals surface area contributed by atoms with Gasteiger partial charge in [0.2, 0.25) is 0 Å². The second-order valence-electron chi connectivity index (χ2n) is 3.60. The summed E-state index contributed by atoms with van der Waals surface area (Å²) in [5, 5.41) is 10.5. The molecule has 0 fully saturated rings. The van der Waals surface area contributed by atoms with Crippen LogP contribution in [0.4, 0.5) is 5.69 Å². The number of hydrogen-bond donors (Lipinski definition) is 0. The molecule has 0 aliphatic carbocycles. The van der Waals surface area contributed by atoms with E-state index in [9.17, 15) is 10.1 Å². The van der Waals surface area contributed by atoms with E-state index < -0.39 is 4.92 Å². The summed E-state index contributed by atoms with van der Waals surface area (Å²) in [4.78, 5) is 10.1. The molecule has 0 aromatic heterocycles. The predicted molar refractivity (Wildman–Crippen MR) is 62.1 cm³/mol. The fourth-order valence-corrected chi connectivity index (χ4v) is 1.53. The second kappa shape index (κ2) is 4.14. The molecule has 0 saturated heterocycles. The molecule has 2 aromatic rings. The first-order valence-corrected chi connectivity index (χ1v) is 4.89. The van der Waals surface area contributed by atoms with Crippen LogP contribution in [0.2, 0.25) is 0 Å². The monoisotopic (exact) mass is 212 g/mol. The number of non-ortho nitro benzene ring substituents is 1. The number of nitro benzene ring substituents is 1. The molecule has 0 amide bonds. The highest BCUT2D eigenvalue weighted by molar-refractivity contribution is 5.65. The largest absolute Gasteiger partial charge is 0.269 e. The van der Waals surface area contributed by atoms with Crippen molar-refractivity contribution < 1.29 is 4.92 Å². The number of benzene rings is 2. The standard InChI is InChI=1S/C13H10NO2/c1-10-3-2-4-12(9-10)11-5-7-13(8-6-11)14(15)16/h3-9H,1H3. The van der Waals surface area contributed by atoms with Crippen molar-refractivity contribution in [2.75, 3.05) is 0 Å². The lowest BCUT2D eigenvalue weighted by molar-refractivity contribution is -0.384. The average molecular weight is 212 g/mol. The van der Waals surface area contributed by atoms with Gasteiger partial charge in [0.1, 0.15) is 0 Å². The van der Waals surface area contributed by atoms with Crippen molar-refractivity contribution in [1.29, 1.82) is 0 Å². The summed E-state index contributed by atoms with van der Waals surface area (Å²) in [5.74, 6) is 0. The van der Waals surface area contributed by atoms with Crippen LogP contribution >= 0.6 is 0 Å². The Balaban J connectivity index is 2.38. The zero-order valence-electron chi connectivity index (χ0n) is 8.81. The van der Waals surface area contributed by atoms with Crippen LogP contribution in [0.3, 0.4) is 0 Å². The van der Waals surface area contributed by atoms with E-state index in [0.29, 0.717) is 0 Å². The predicted octanol–water partition coefficient (Wildman–Crippen LogP) is 3.37. The summed E-state index contributed by atoms with van der Waals surface area (Å²) in [6.45, 7) is 1.99. The number of aryl methyl sites for hydroxylation is 1. The van der Waals surface area contributed by atoms with Crippen molar-refractivity contribution in [3.63, 3.8) is 0 Å². The van der Waals surface area contributed by atoms with Gasteiger partial charge >= 0.3 is 0 Å². The molecule has 79 valence electrons. The number of rotatable bonds is 2. The minimum absolute atomic E-state index is 0.111. The smallest absolute Gasteiger partial charge is 0.258 e. The summed E-state index contributed by atoms with van der Waals surface area (Å²) in [6.07, 6.45) is 0. The first-order valence-electron chi connectivity index (χ1n) is 4.89. The molecule has 0 aliphatic rings. The second-order valence-corrected chi connectivity index (χ2v) is 3.60. The fraction of sp³-hybridized carbons (Fsp3) is 0.0769. The molecule has 1 radical (unpaired) electrons. The normalized spacial score (nSPS) is 10.1. The molecule has 3 heteroatoms. The van der Waals surface area contributed by atoms with Gasteiger partial charge in [0.25, 0.3) is 5.69 Å². The van der Waals surface area contributed by atoms with Crippen molar-refractivity contribution in [1.82, 2.24) is 0 Å². The Morgan fingerprint density at radius 2 is 1.81 bits per heavy atom. The van der Waals surface area contributed by atoms with E-state index in [2.05, 4.69) is 6.07 Å². The summed E-state index contributed by atoms with van der Waals surface area (Å²) < 4.78 is 0. The van der Waals surface area contributed by atoms with Crippen LogP contribution in [0.15, 0.2) is 42.5 Å². The molecule has 0 aliphatic heterocycles. The van der Waals surface area contributed by atoms with Crippen LogP contribution in [0.5, 0.6) is 0 Å². The van der Waals surface area contributed by atoms with Crippen LogP contribution in [-0.2, 0) is 0 Å². The van der Waals surface area contributed by atoms with Crippen LogP contribution < -0.4 is 0 Å². The SMILES string of the molecule is Cc1c[c]cc(-c2ccc([N+](=O)[O-])cc2)c1. The van der Waals surface area contributed by atoms with Crippen LogP contribution in [0.1, 0.15) is 5.56 Å². The lowest BCUT2D eigenvalue weighted by Gasteiger charge is -2.01. The zero-order chi connectivity index (χ0) is 11.5. The summed E-state index contributed by atoms with van der Waals surface area (Å²) in [6, 6.07) is 15.3. The van der Waals surface area contributed by atoms with E-state index in [1.165, 1.54) is 12.1 Å². The Morgan fingerprint density at radius 3 is 2.38 bits per heavy atom. The van der Waals surface area contributed by atoms with E-state index in [1.807, 2.05) is 25.1 Å². The molecule has 0 unspecified atom stereocenters. The highest BCUT2D eigenvalue weighted by atomic mass is 16.6. The molecule has 0 spiro atoms. The molecule has 0 bridgehead atoms.